The van der Waals surface area contributed by atoms with Crippen LogP contribution in [0.4, 0.5) is 15.3 Å². The van der Waals surface area contributed by atoms with Gasteiger partial charge in [0.25, 0.3) is 10.5 Å². The number of rotatable bonds is 1. The smallest absolute Gasteiger partial charge is 0.309 e. The second-order valence-corrected chi connectivity index (χ2v) is 8.58. The Balaban J connectivity index is 0.000000488. The van der Waals surface area contributed by atoms with E-state index in [4.69, 9.17) is 58.0 Å². The van der Waals surface area contributed by atoms with Gasteiger partial charge >= 0.3 is 5.69 Å². The minimum atomic E-state index is -0.779. The van der Waals surface area contributed by atoms with Crippen LogP contribution in [0.25, 0.3) is 0 Å². The Morgan fingerprint density at radius 1 is 0.769 bits per heavy atom. The van der Waals surface area contributed by atoms with Crippen LogP contribution >= 0.6 is 79.6 Å². The largest absolute Gasteiger partial charge is 0.339 e. The lowest BCUT2D eigenvalue weighted by molar-refractivity contribution is -0.384. The molecule has 0 fully saturated rings. The van der Waals surface area contributed by atoms with Crippen molar-refractivity contribution in [2.24, 2.45) is 0 Å². The van der Waals surface area contributed by atoms with Gasteiger partial charge in [0.1, 0.15) is 10.0 Å². The molecule has 0 saturated heterocycles. The Morgan fingerprint density at radius 2 is 1.04 bits per heavy atom. The predicted molar refractivity (Wildman–Crippen MR) is 111 cm³/mol. The van der Waals surface area contributed by atoms with Gasteiger partial charge in [-0.15, -0.1) is 0 Å². The first-order valence-electron chi connectivity index (χ1n) is 6.25. The molecule has 1 aromatic carbocycles. The molecular weight excluding hydrogens is 492 g/mol. The van der Waals surface area contributed by atoms with Crippen LogP contribution < -0.4 is 0 Å². The summed E-state index contributed by atoms with van der Waals surface area (Å²) in [6.45, 7) is 0. The van der Waals surface area contributed by atoms with E-state index >= 15 is 0 Å². The van der Waals surface area contributed by atoms with Crippen LogP contribution in [0, 0.1) is 10.1 Å². The van der Waals surface area contributed by atoms with Crippen molar-refractivity contribution in [2.75, 3.05) is 28.2 Å². The summed E-state index contributed by atoms with van der Waals surface area (Å²) in [5, 5.41) is 9.16. The number of amides is 2. The van der Waals surface area contributed by atoms with E-state index in [1.165, 1.54) is 9.80 Å². The summed E-state index contributed by atoms with van der Waals surface area (Å²) >= 11 is 27.9. The molecule has 2 amide bonds. The van der Waals surface area contributed by atoms with Gasteiger partial charge < -0.3 is 9.80 Å². The van der Waals surface area contributed by atoms with Crippen molar-refractivity contribution in [3.8, 4) is 0 Å². The highest BCUT2D eigenvalue weighted by molar-refractivity contribution is 8.87. The van der Waals surface area contributed by atoms with Crippen molar-refractivity contribution in [1.82, 2.24) is 9.80 Å². The summed E-state index contributed by atoms with van der Waals surface area (Å²) in [5.74, 6) is 0. The van der Waals surface area contributed by atoms with E-state index in [0.717, 1.165) is 21.6 Å². The lowest BCUT2D eigenvalue weighted by Gasteiger charge is -2.10. The minimum absolute atomic E-state index is 0.103. The topological polar surface area (TPSA) is 83.8 Å². The number of carbonyl (C=O) groups is 2. The van der Waals surface area contributed by atoms with E-state index in [1.54, 1.807) is 28.2 Å². The molecule has 0 aliphatic heterocycles. The summed E-state index contributed by atoms with van der Waals surface area (Å²) in [7, 11) is 8.46. The maximum Gasteiger partial charge on any atom is 0.309 e. The van der Waals surface area contributed by atoms with Crippen LogP contribution in [-0.2, 0) is 0 Å². The quantitative estimate of drug-likeness (QED) is 0.141. The average molecular weight is 504 g/mol. The molecule has 1 rings (SSSR count). The molecule has 0 N–H and O–H groups in total. The SMILES string of the molecule is CN(C)C(=O)SSC(=O)N(C)C.O=[N+]([O-])c1c(Cl)c(Cl)c(Cl)c(Cl)c1Cl. The highest BCUT2D eigenvalue weighted by atomic mass is 35.5. The number of carbonyl (C=O) groups excluding carboxylic acids is 2. The van der Waals surface area contributed by atoms with Gasteiger partial charge in [0.2, 0.25) is 0 Å². The number of hydrogen-bond donors (Lipinski definition) is 0. The molecular formula is C12H12Cl5N3O4S2. The fourth-order valence-electron chi connectivity index (χ4n) is 0.974. The Labute approximate surface area is 182 Å². The first-order chi connectivity index (χ1) is 11.8. The number of nitro groups is 1. The van der Waals surface area contributed by atoms with Crippen LogP contribution in [0.5, 0.6) is 0 Å². The molecule has 14 heteroatoms. The molecule has 0 aromatic heterocycles. The Morgan fingerprint density at radius 3 is 1.27 bits per heavy atom. The molecule has 0 bridgehead atoms. The second kappa shape index (κ2) is 11.5. The van der Waals surface area contributed by atoms with Gasteiger partial charge in [0, 0.05) is 49.8 Å². The molecule has 0 atom stereocenters. The van der Waals surface area contributed by atoms with Gasteiger partial charge in [-0.25, -0.2) is 0 Å². The van der Waals surface area contributed by atoms with Crippen molar-refractivity contribution in [3.05, 3.63) is 35.2 Å². The summed E-state index contributed by atoms with van der Waals surface area (Å²) in [4.78, 5) is 34.6. The maximum atomic E-state index is 11.0. The van der Waals surface area contributed by atoms with Gasteiger partial charge in [-0.1, -0.05) is 58.0 Å². The third-order valence-corrected chi connectivity index (χ3v) is 6.74. The Hall–Kier alpha value is -0.290. The number of nitro benzene ring substituents is 1. The van der Waals surface area contributed by atoms with E-state index in [0.29, 0.717) is 0 Å². The van der Waals surface area contributed by atoms with Crippen LogP contribution in [0.15, 0.2) is 0 Å². The van der Waals surface area contributed by atoms with Crippen LogP contribution in [0.3, 0.4) is 0 Å². The Kier molecular flexibility index (Phi) is 11.4. The maximum absolute atomic E-state index is 11.0. The molecule has 7 nitrogen and oxygen atoms in total. The average Bonchev–Trinajstić information content (AvgIpc) is 2.55. The monoisotopic (exact) mass is 501 g/mol. The van der Waals surface area contributed by atoms with Crippen molar-refractivity contribution < 1.29 is 14.5 Å². The molecule has 0 saturated carbocycles. The number of halogens is 5. The molecule has 146 valence electrons. The number of benzene rings is 1. The van der Waals surface area contributed by atoms with E-state index in [1.807, 2.05) is 0 Å². The van der Waals surface area contributed by atoms with Gasteiger partial charge in [-0.2, -0.15) is 0 Å². The number of nitrogens with zero attached hydrogens (tertiary/aromatic N) is 3. The molecule has 0 spiro atoms. The van der Waals surface area contributed by atoms with Crippen LogP contribution in [0.2, 0.25) is 25.1 Å². The highest BCUT2D eigenvalue weighted by Gasteiger charge is 2.27. The first kappa shape index (κ1) is 25.7. The highest BCUT2D eigenvalue weighted by Crippen LogP contribution is 2.47. The predicted octanol–water partition coefficient (Wildman–Crippen LogP) is 6.59. The normalized spacial score (nSPS) is 9.88. The Bertz CT molecular complexity index is 670. The molecule has 1 aromatic rings. The van der Waals surface area contributed by atoms with Gasteiger partial charge in [0.15, 0.2) is 0 Å². The zero-order valence-corrected chi connectivity index (χ0v) is 19.1. The van der Waals surface area contributed by atoms with Gasteiger partial charge in [0.05, 0.1) is 20.0 Å². The van der Waals surface area contributed by atoms with E-state index in [9.17, 15) is 19.7 Å². The lowest BCUT2D eigenvalue weighted by Crippen LogP contribution is -2.18. The fourth-order valence-corrected chi connectivity index (χ4v) is 4.00. The van der Waals surface area contributed by atoms with Gasteiger partial charge in [-0.05, 0) is 0 Å². The minimum Gasteiger partial charge on any atom is -0.339 e. The summed E-state index contributed by atoms with van der Waals surface area (Å²) < 4.78 is 0. The molecule has 0 radical (unpaired) electrons. The fraction of sp³-hybridized carbons (Fsp3) is 0.333. The first-order valence-corrected chi connectivity index (χ1v) is 10.3. The van der Waals surface area contributed by atoms with Gasteiger partial charge in [-0.3, -0.25) is 19.7 Å². The second-order valence-electron chi connectivity index (χ2n) is 4.66. The third kappa shape index (κ3) is 7.38. The molecule has 0 heterocycles. The van der Waals surface area contributed by atoms with Crippen LogP contribution in [-0.4, -0.2) is 53.4 Å². The van der Waals surface area contributed by atoms with Crippen molar-refractivity contribution in [2.45, 2.75) is 0 Å². The van der Waals surface area contributed by atoms with E-state index in [2.05, 4.69) is 0 Å². The zero-order valence-electron chi connectivity index (χ0n) is 13.7. The van der Waals surface area contributed by atoms with E-state index in [-0.39, 0.29) is 35.6 Å². The third-order valence-electron chi connectivity index (χ3n) is 2.28. The number of hydrogen-bond acceptors (Lipinski definition) is 6. The van der Waals surface area contributed by atoms with Crippen LogP contribution in [0.1, 0.15) is 0 Å². The summed E-state index contributed by atoms with van der Waals surface area (Å²) in [6.07, 6.45) is 0. The molecule has 0 aliphatic rings. The molecule has 26 heavy (non-hydrogen) atoms. The van der Waals surface area contributed by atoms with Crippen molar-refractivity contribution in [3.63, 3.8) is 0 Å². The molecule has 0 unspecified atom stereocenters. The standard InChI is InChI=1S/C6Cl5NO2.C6H12N2O2S2/c7-1-2(8)4(10)6(12(13)14)5(11)3(1)9;1-7(2)5(9)11-12-6(10)8(3)4/h;1-4H3. The van der Waals surface area contributed by atoms with Crippen molar-refractivity contribution in [1.29, 1.82) is 0 Å². The lowest BCUT2D eigenvalue weighted by atomic mass is 10.3. The summed E-state index contributed by atoms with van der Waals surface area (Å²) in [5.41, 5.74) is -0.548. The zero-order chi connectivity index (χ0) is 20.8. The summed E-state index contributed by atoms with van der Waals surface area (Å²) in [6, 6.07) is 0. The van der Waals surface area contributed by atoms with Crippen molar-refractivity contribution >= 4 is 95.8 Å². The van der Waals surface area contributed by atoms with E-state index < -0.39 is 10.6 Å². The molecule has 0 aliphatic carbocycles.